The number of nitrogens with zero attached hydrogens (tertiary/aromatic N) is 1. The van der Waals surface area contributed by atoms with Crippen LogP contribution >= 0.6 is 23.2 Å². The van der Waals surface area contributed by atoms with E-state index in [-0.39, 0.29) is 37.8 Å². The molecule has 0 aliphatic carbocycles. The molecule has 174 valence electrons. The molecule has 6 nitrogen and oxygen atoms in total. The fourth-order valence-corrected chi connectivity index (χ4v) is 4.00. The van der Waals surface area contributed by atoms with E-state index in [9.17, 15) is 18.8 Å². The molecule has 9 heteroatoms. The summed E-state index contributed by atoms with van der Waals surface area (Å²) in [6.45, 7) is 3.39. The Morgan fingerprint density at radius 3 is 2.48 bits per heavy atom. The largest absolute Gasteiger partial charge is 0.463 e. The number of amides is 2. The molecule has 2 aromatic rings. The van der Waals surface area contributed by atoms with E-state index in [2.05, 4.69) is 5.32 Å². The molecule has 3 rings (SSSR count). The van der Waals surface area contributed by atoms with E-state index in [4.69, 9.17) is 27.9 Å². The van der Waals surface area contributed by atoms with Crippen LogP contribution in [0.25, 0.3) is 0 Å². The number of benzene rings is 2. The Kier molecular flexibility index (Phi) is 8.10. The van der Waals surface area contributed by atoms with Crippen molar-refractivity contribution in [2.45, 2.75) is 32.7 Å². The van der Waals surface area contributed by atoms with Crippen LogP contribution in [0.4, 0.5) is 4.39 Å². The Hall–Kier alpha value is -2.90. The molecular formula is C24H23Cl2FN2O4. The van der Waals surface area contributed by atoms with Crippen LogP contribution in [0.2, 0.25) is 10.0 Å². The molecule has 2 amide bonds. The third-order valence-corrected chi connectivity index (χ3v) is 6.11. The van der Waals surface area contributed by atoms with E-state index in [1.165, 1.54) is 17.0 Å². The summed E-state index contributed by atoms with van der Waals surface area (Å²) in [6, 6.07) is 10.7. The topological polar surface area (TPSA) is 75.7 Å². The number of halogens is 3. The van der Waals surface area contributed by atoms with Crippen LogP contribution < -0.4 is 5.32 Å². The van der Waals surface area contributed by atoms with E-state index in [0.717, 1.165) is 0 Å². The minimum absolute atomic E-state index is 0.0330. The molecule has 0 radical (unpaired) electrons. The Balaban J connectivity index is 1.84. The summed E-state index contributed by atoms with van der Waals surface area (Å²) in [6.07, 6.45) is -0.0330. The predicted molar refractivity (Wildman–Crippen MR) is 123 cm³/mol. The van der Waals surface area contributed by atoms with Crippen molar-refractivity contribution in [2.24, 2.45) is 0 Å². The van der Waals surface area contributed by atoms with Crippen LogP contribution in [0.15, 0.2) is 53.7 Å². The first-order chi connectivity index (χ1) is 15.7. The number of esters is 1. The van der Waals surface area contributed by atoms with Gasteiger partial charge in [0, 0.05) is 24.6 Å². The number of ether oxygens (including phenoxy) is 1. The monoisotopic (exact) mass is 492 g/mol. The zero-order valence-corrected chi connectivity index (χ0v) is 19.7. The fourth-order valence-electron chi connectivity index (χ4n) is 3.69. The Labute approximate surface area is 201 Å². The first-order valence-electron chi connectivity index (χ1n) is 10.4. The molecule has 1 N–H and O–H groups in total. The number of carbonyl (C=O) groups excluding carboxylic acids is 3. The molecule has 0 saturated heterocycles. The molecule has 0 fully saturated rings. The normalized spacial score (nSPS) is 16.1. The highest BCUT2D eigenvalue weighted by molar-refractivity contribution is 6.42. The molecule has 2 aromatic carbocycles. The second-order valence-corrected chi connectivity index (χ2v) is 8.35. The first kappa shape index (κ1) is 24.7. The van der Waals surface area contributed by atoms with Crippen molar-refractivity contribution in [1.29, 1.82) is 0 Å². The minimum Gasteiger partial charge on any atom is -0.463 e. The zero-order chi connectivity index (χ0) is 24.1. The van der Waals surface area contributed by atoms with Gasteiger partial charge in [-0.1, -0.05) is 41.4 Å². The van der Waals surface area contributed by atoms with Gasteiger partial charge < -0.3 is 15.0 Å². The van der Waals surface area contributed by atoms with Crippen LogP contribution in [0, 0.1) is 5.82 Å². The highest BCUT2D eigenvalue weighted by Gasteiger charge is 2.37. The van der Waals surface area contributed by atoms with Gasteiger partial charge in [0.15, 0.2) is 0 Å². The van der Waals surface area contributed by atoms with Crippen LogP contribution in [-0.4, -0.2) is 35.8 Å². The van der Waals surface area contributed by atoms with Crippen molar-refractivity contribution in [3.8, 4) is 0 Å². The maximum Gasteiger partial charge on any atom is 0.336 e. The van der Waals surface area contributed by atoms with E-state index in [0.29, 0.717) is 32.4 Å². The third kappa shape index (κ3) is 5.92. The van der Waals surface area contributed by atoms with Crippen molar-refractivity contribution in [1.82, 2.24) is 10.2 Å². The summed E-state index contributed by atoms with van der Waals surface area (Å²) < 4.78 is 18.3. The number of rotatable bonds is 7. The van der Waals surface area contributed by atoms with Gasteiger partial charge in [-0.25, -0.2) is 9.18 Å². The van der Waals surface area contributed by atoms with E-state index >= 15 is 0 Å². The lowest BCUT2D eigenvalue weighted by Gasteiger charge is -2.34. The maximum absolute atomic E-state index is 13.0. The van der Waals surface area contributed by atoms with Gasteiger partial charge in [-0.05, 0) is 49.2 Å². The summed E-state index contributed by atoms with van der Waals surface area (Å²) in [5, 5.41) is 3.38. The van der Waals surface area contributed by atoms with Gasteiger partial charge >= 0.3 is 5.97 Å². The van der Waals surface area contributed by atoms with Crippen molar-refractivity contribution in [3.63, 3.8) is 0 Å². The van der Waals surface area contributed by atoms with Gasteiger partial charge in [0.25, 0.3) is 0 Å². The molecule has 1 aliphatic heterocycles. The Morgan fingerprint density at radius 2 is 1.85 bits per heavy atom. The van der Waals surface area contributed by atoms with Crippen LogP contribution in [0.3, 0.4) is 0 Å². The summed E-state index contributed by atoms with van der Waals surface area (Å²) in [5.41, 5.74) is 2.01. The number of carbonyl (C=O) groups is 3. The lowest BCUT2D eigenvalue weighted by molar-refractivity contribution is -0.141. The highest BCUT2D eigenvalue weighted by atomic mass is 35.5. The molecule has 1 heterocycles. The lowest BCUT2D eigenvalue weighted by Crippen LogP contribution is -2.44. The van der Waals surface area contributed by atoms with E-state index < -0.39 is 17.8 Å². The molecule has 0 bridgehead atoms. The SMILES string of the molecule is CCOC(=O)C1=C(C)N(CC(=O)NCc2ccc(F)cc2)C(=O)CC1c1ccc(Cl)c(Cl)c1. The predicted octanol–water partition coefficient (Wildman–Crippen LogP) is 4.60. The Morgan fingerprint density at radius 1 is 1.15 bits per heavy atom. The molecule has 1 atom stereocenters. The van der Waals surface area contributed by atoms with Gasteiger partial charge in [-0.3, -0.25) is 9.59 Å². The summed E-state index contributed by atoms with van der Waals surface area (Å²) in [4.78, 5) is 39.6. The van der Waals surface area contributed by atoms with Gasteiger partial charge in [-0.15, -0.1) is 0 Å². The van der Waals surface area contributed by atoms with Crippen molar-refractivity contribution >= 4 is 41.0 Å². The highest BCUT2D eigenvalue weighted by Crippen LogP contribution is 2.38. The zero-order valence-electron chi connectivity index (χ0n) is 18.2. The maximum atomic E-state index is 13.0. The van der Waals surface area contributed by atoms with Crippen molar-refractivity contribution in [3.05, 3.63) is 80.7 Å². The standard InChI is InChI=1S/C24H23Cl2FN2O4/c1-3-33-24(32)23-14(2)29(13-21(30)28-12-15-4-7-17(27)8-5-15)22(31)11-18(23)16-6-9-19(25)20(26)10-16/h4-10,18H,3,11-13H2,1-2H3,(H,28,30). The number of allylic oxidation sites excluding steroid dienone is 1. The van der Waals surface area contributed by atoms with Crippen molar-refractivity contribution < 1.29 is 23.5 Å². The number of hydrogen-bond donors (Lipinski definition) is 1. The molecular weight excluding hydrogens is 470 g/mol. The number of hydrogen-bond acceptors (Lipinski definition) is 4. The second-order valence-electron chi connectivity index (χ2n) is 7.53. The quantitative estimate of drug-likeness (QED) is 0.573. The van der Waals surface area contributed by atoms with Crippen LogP contribution in [0.1, 0.15) is 37.3 Å². The molecule has 0 saturated carbocycles. The smallest absolute Gasteiger partial charge is 0.336 e. The van der Waals surface area contributed by atoms with E-state index in [1.54, 1.807) is 44.2 Å². The second kappa shape index (κ2) is 10.8. The first-order valence-corrected chi connectivity index (χ1v) is 11.1. The molecule has 0 spiro atoms. The lowest BCUT2D eigenvalue weighted by atomic mass is 9.83. The summed E-state index contributed by atoms with van der Waals surface area (Å²) >= 11 is 12.2. The van der Waals surface area contributed by atoms with Gasteiger partial charge in [-0.2, -0.15) is 0 Å². The average molecular weight is 493 g/mol. The molecule has 1 unspecified atom stereocenters. The third-order valence-electron chi connectivity index (χ3n) is 5.37. The summed E-state index contributed by atoms with van der Waals surface area (Å²) in [5.74, 6) is -2.23. The number of nitrogens with one attached hydrogen (secondary N) is 1. The van der Waals surface area contributed by atoms with Gasteiger partial charge in [0.2, 0.25) is 11.8 Å². The fraction of sp³-hybridized carbons (Fsp3) is 0.292. The van der Waals surface area contributed by atoms with Gasteiger partial charge in [0.05, 0.1) is 22.2 Å². The molecule has 1 aliphatic rings. The molecule has 0 aromatic heterocycles. The Bertz CT molecular complexity index is 1100. The van der Waals surface area contributed by atoms with Gasteiger partial charge in [0.1, 0.15) is 12.4 Å². The van der Waals surface area contributed by atoms with Crippen LogP contribution in [-0.2, 0) is 25.7 Å². The molecule has 33 heavy (non-hydrogen) atoms. The van der Waals surface area contributed by atoms with E-state index in [1.807, 2.05) is 0 Å². The minimum atomic E-state index is -0.579. The average Bonchev–Trinajstić information content (AvgIpc) is 2.77. The van der Waals surface area contributed by atoms with Crippen molar-refractivity contribution in [2.75, 3.05) is 13.2 Å². The van der Waals surface area contributed by atoms with Crippen LogP contribution in [0.5, 0.6) is 0 Å². The summed E-state index contributed by atoms with van der Waals surface area (Å²) in [7, 11) is 0.